The van der Waals surface area contributed by atoms with Gasteiger partial charge in [0.1, 0.15) is 0 Å². The van der Waals surface area contributed by atoms with Gasteiger partial charge in [0, 0.05) is 0 Å². The Bertz CT molecular complexity index is 217. The molecule has 0 fully saturated rings. The summed E-state index contributed by atoms with van der Waals surface area (Å²) in [6.45, 7) is 0. The number of carboxylic acid groups (broad SMARTS) is 10. The molecule has 0 aliphatic heterocycles. The van der Waals surface area contributed by atoms with Crippen molar-refractivity contribution >= 4 is 182 Å². The van der Waals surface area contributed by atoms with Gasteiger partial charge in [-0.05, 0) is 0 Å². The Kier molecular flexibility index (Phi) is 116. The third-order valence-corrected chi connectivity index (χ3v) is 0. The van der Waals surface area contributed by atoms with E-state index in [0.29, 0.717) is 0 Å². The molecule has 0 rings (SSSR count). The van der Waals surface area contributed by atoms with Crippen molar-refractivity contribution in [3.05, 3.63) is 0 Å². The molecule has 0 amide bonds. The molecule has 0 atom stereocenters. The van der Waals surface area contributed by atoms with Gasteiger partial charge in [0.25, 0.3) is 0 Å². The van der Waals surface area contributed by atoms with Crippen LogP contribution in [0.1, 0.15) is 0 Å². The molecule has 0 aromatic heterocycles. The van der Waals surface area contributed by atoms with E-state index in [4.69, 9.17) is 75.0 Å². The van der Waals surface area contributed by atoms with Crippen LogP contribution in [0.2, 0.25) is 0 Å². The summed E-state index contributed by atoms with van der Waals surface area (Å²) in [5, 5.41) is 69.7. The summed E-state index contributed by atoms with van der Waals surface area (Å²) in [4.78, 5) is 42.8. The van der Waals surface area contributed by atoms with Crippen molar-refractivity contribution in [2.24, 2.45) is 0 Å². The molecule has 0 aliphatic carbocycles. The van der Waals surface area contributed by atoms with E-state index < -0.39 is 30.8 Å². The van der Waals surface area contributed by atoms with Crippen molar-refractivity contribution in [2.45, 2.75) is 0 Å². The Hall–Kier alpha value is 1.39. The SMILES string of the molecule is O=C(O)O.O=C(O)O.O=C(O)O.O=C(O)O.O=C(O)O.[CaH2].[CaH2].[CaH2].[CaH2]. The van der Waals surface area contributed by atoms with Crippen molar-refractivity contribution in [3.63, 3.8) is 0 Å². The molecule has 0 aromatic carbocycles. The van der Waals surface area contributed by atoms with Crippen LogP contribution >= 0.6 is 0 Å². The zero-order valence-electron chi connectivity index (χ0n) is 9.01. The average Bonchev–Trinajstić information content (AvgIpc) is 1.94. The molecule has 0 bridgehead atoms. The standard InChI is InChI=1S/5CH2O3.4Ca.8H/c5*2-1(3)4;;;;;;;;;;;;/h5*(H2,2,3,4);;;;;;;;;;;;. The van der Waals surface area contributed by atoms with Crippen LogP contribution in [-0.2, 0) is 0 Å². The van der Waals surface area contributed by atoms with Crippen molar-refractivity contribution < 1.29 is 75.0 Å². The Balaban J connectivity index is -0.0000000161. The van der Waals surface area contributed by atoms with E-state index in [1.54, 1.807) is 0 Å². The molecule has 0 saturated heterocycles. The Morgan fingerprint density at radius 1 is 0.292 bits per heavy atom. The Labute approximate surface area is 251 Å². The van der Waals surface area contributed by atoms with E-state index >= 15 is 0 Å². The Morgan fingerprint density at radius 2 is 0.292 bits per heavy atom. The van der Waals surface area contributed by atoms with Crippen LogP contribution in [0.4, 0.5) is 24.0 Å². The summed E-state index contributed by atoms with van der Waals surface area (Å²) in [5.41, 5.74) is 0. The fraction of sp³-hybridized carbons (Fsp3) is 0. The average molecular weight is 478 g/mol. The molecule has 136 valence electrons. The zero-order valence-corrected chi connectivity index (χ0v) is 9.01. The summed E-state index contributed by atoms with van der Waals surface area (Å²) in [6.07, 6.45) is -9.17. The maximum absolute atomic E-state index is 8.56. The van der Waals surface area contributed by atoms with Crippen molar-refractivity contribution in [3.8, 4) is 0 Å². The summed E-state index contributed by atoms with van der Waals surface area (Å²) in [7, 11) is 0. The van der Waals surface area contributed by atoms with E-state index in [9.17, 15) is 0 Å². The normalized spacial score (nSPS) is 5.00. The predicted octanol–water partition coefficient (Wildman–Crippen LogP) is -2.55. The number of rotatable bonds is 0. The molecule has 0 radical (unpaired) electrons. The summed E-state index contributed by atoms with van der Waals surface area (Å²) in [5.74, 6) is 0. The van der Waals surface area contributed by atoms with Crippen LogP contribution in [0.15, 0.2) is 0 Å². The van der Waals surface area contributed by atoms with E-state index in [1.807, 2.05) is 0 Å². The quantitative estimate of drug-likeness (QED) is 0.160. The fourth-order valence-electron chi connectivity index (χ4n) is 0. The summed E-state index contributed by atoms with van der Waals surface area (Å²) in [6, 6.07) is 0. The first-order valence-corrected chi connectivity index (χ1v) is 3.26. The molecule has 24 heavy (non-hydrogen) atoms. The van der Waals surface area contributed by atoms with Crippen LogP contribution < -0.4 is 0 Å². The van der Waals surface area contributed by atoms with Gasteiger partial charge < -0.3 is 51.1 Å². The van der Waals surface area contributed by atoms with E-state index in [0.717, 1.165) is 0 Å². The van der Waals surface area contributed by atoms with Gasteiger partial charge in [0.05, 0.1) is 0 Å². The third-order valence-electron chi connectivity index (χ3n) is 0. The van der Waals surface area contributed by atoms with Crippen LogP contribution in [0.25, 0.3) is 0 Å². The first-order chi connectivity index (χ1) is 8.66. The monoisotopic (exact) mass is 478 g/mol. The second-order valence-corrected chi connectivity index (χ2v) is 1.41. The fourth-order valence-corrected chi connectivity index (χ4v) is 0. The van der Waals surface area contributed by atoms with Crippen LogP contribution in [0.5, 0.6) is 0 Å². The first kappa shape index (κ1) is 56.2. The van der Waals surface area contributed by atoms with Crippen LogP contribution in [0.3, 0.4) is 0 Å². The minimum atomic E-state index is -1.83. The number of carbonyl (C=O) groups is 5. The van der Waals surface area contributed by atoms with Crippen LogP contribution in [-0.4, -0.2) is 233 Å². The number of hydrogen-bond acceptors (Lipinski definition) is 5. The van der Waals surface area contributed by atoms with Gasteiger partial charge in [0.2, 0.25) is 0 Å². The molecular weight excluding hydrogens is 460 g/mol. The van der Waals surface area contributed by atoms with E-state index in [1.165, 1.54) is 0 Å². The minimum absolute atomic E-state index is 0. The van der Waals surface area contributed by atoms with Gasteiger partial charge in [-0.1, -0.05) is 0 Å². The molecule has 0 aliphatic rings. The molecular formula is C5H18Ca4O15. The third kappa shape index (κ3) is 6080. The molecule has 19 heteroatoms. The van der Waals surface area contributed by atoms with Crippen molar-refractivity contribution in [1.82, 2.24) is 0 Å². The zero-order chi connectivity index (χ0) is 17.9. The molecule has 0 unspecified atom stereocenters. The first-order valence-electron chi connectivity index (χ1n) is 3.26. The van der Waals surface area contributed by atoms with Gasteiger partial charge in [0.15, 0.2) is 0 Å². The van der Waals surface area contributed by atoms with Crippen LogP contribution in [0, 0.1) is 0 Å². The topological polar surface area (TPSA) is 288 Å². The summed E-state index contributed by atoms with van der Waals surface area (Å²) >= 11 is 0. The molecule has 15 nitrogen and oxygen atoms in total. The van der Waals surface area contributed by atoms with E-state index in [2.05, 4.69) is 0 Å². The van der Waals surface area contributed by atoms with Gasteiger partial charge >= 0.3 is 182 Å². The predicted molar refractivity (Wildman–Crippen MR) is 87.4 cm³/mol. The second-order valence-electron chi connectivity index (χ2n) is 1.41. The Morgan fingerprint density at radius 3 is 0.292 bits per heavy atom. The molecule has 10 N–H and O–H groups in total. The van der Waals surface area contributed by atoms with Crippen molar-refractivity contribution in [2.75, 3.05) is 0 Å². The number of hydrogen-bond donors (Lipinski definition) is 10. The molecule has 0 spiro atoms. The van der Waals surface area contributed by atoms with Gasteiger partial charge in [-0.2, -0.15) is 0 Å². The summed E-state index contributed by atoms with van der Waals surface area (Å²) < 4.78 is 0. The maximum atomic E-state index is 8.56. The van der Waals surface area contributed by atoms with E-state index in [-0.39, 0.29) is 151 Å². The van der Waals surface area contributed by atoms with Gasteiger partial charge in [-0.3, -0.25) is 0 Å². The van der Waals surface area contributed by atoms with Gasteiger partial charge in [-0.15, -0.1) is 0 Å². The molecule has 0 aromatic rings. The second kappa shape index (κ2) is 49.7. The molecule has 0 saturated carbocycles. The van der Waals surface area contributed by atoms with Gasteiger partial charge in [-0.25, -0.2) is 24.0 Å². The molecule has 0 heterocycles. The van der Waals surface area contributed by atoms with Crippen molar-refractivity contribution in [1.29, 1.82) is 0 Å².